The first-order valence-corrected chi connectivity index (χ1v) is 6.48. The summed E-state index contributed by atoms with van der Waals surface area (Å²) in [7, 11) is 3.80. The van der Waals surface area contributed by atoms with Crippen molar-refractivity contribution < 1.29 is 0 Å². The molecule has 0 aliphatic heterocycles. The summed E-state index contributed by atoms with van der Waals surface area (Å²) < 4.78 is 2.00. The number of aromatic nitrogens is 2. The van der Waals surface area contributed by atoms with Crippen LogP contribution in [0.25, 0.3) is 0 Å². The number of benzene rings is 1. The van der Waals surface area contributed by atoms with Crippen LogP contribution in [0, 0.1) is 6.92 Å². The van der Waals surface area contributed by atoms with Crippen molar-refractivity contribution in [2.45, 2.75) is 20.3 Å². The Hall–Kier alpha value is -2.10. The summed E-state index contributed by atoms with van der Waals surface area (Å²) >= 11 is 0. The molecule has 1 aromatic carbocycles. The van der Waals surface area contributed by atoms with Crippen LogP contribution in [0.1, 0.15) is 18.4 Å². The summed E-state index contributed by atoms with van der Waals surface area (Å²) in [5.41, 5.74) is 4.00. The summed E-state index contributed by atoms with van der Waals surface area (Å²) in [6.45, 7) is 4.11. The second-order valence-corrected chi connectivity index (χ2v) is 4.43. The van der Waals surface area contributed by atoms with Crippen molar-refractivity contribution in [3.63, 3.8) is 0 Å². The Bertz CT molecular complexity index is 627. The zero-order chi connectivity index (χ0) is 13.8. The molecule has 0 spiro atoms. The molecule has 1 heterocycles. The Labute approximate surface area is 113 Å². The minimum absolute atomic E-state index is 0.874. The molecule has 1 aromatic heterocycles. The van der Waals surface area contributed by atoms with Gasteiger partial charge in [0.1, 0.15) is 11.5 Å². The molecular weight excluding hydrogens is 236 g/mol. The van der Waals surface area contributed by atoms with E-state index in [0.717, 1.165) is 34.8 Å². The molecule has 19 heavy (non-hydrogen) atoms. The quantitative estimate of drug-likeness (QED) is 0.917. The Balaban J connectivity index is 2.59. The van der Waals surface area contributed by atoms with E-state index in [1.54, 1.807) is 0 Å². The maximum absolute atomic E-state index is 4.64. The number of hydrogen-bond donors (Lipinski definition) is 1. The zero-order valence-corrected chi connectivity index (χ0v) is 11.9. The number of rotatable bonds is 3. The minimum atomic E-state index is 0.874. The van der Waals surface area contributed by atoms with Crippen LogP contribution in [0.15, 0.2) is 35.3 Å². The lowest BCUT2D eigenvalue weighted by molar-refractivity contribution is 0.740. The first-order valence-electron chi connectivity index (χ1n) is 6.48. The van der Waals surface area contributed by atoms with Crippen molar-refractivity contribution in [1.82, 2.24) is 9.55 Å². The predicted molar refractivity (Wildman–Crippen MR) is 78.5 cm³/mol. The second kappa shape index (κ2) is 5.69. The number of anilines is 2. The van der Waals surface area contributed by atoms with E-state index in [1.165, 1.54) is 0 Å². The molecule has 0 amide bonds. The number of aryl methyl sites for hydroxylation is 2. The average molecular weight is 256 g/mol. The third-order valence-electron chi connectivity index (χ3n) is 3.20. The fourth-order valence-electron chi connectivity index (χ4n) is 2.09. The smallest absolute Gasteiger partial charge is 0.154 e. The minimum Gasteiger partial charge on any atom is -0.351 e. The van der Waals surface area contributed by atoms with Gasteiger partial charge in [0, 0.05) is 19.8 Å². The average Bonchev–Trinajstić information content (AvgIpc) is 2.44. The molecule has 0 bridgehead atoms. The van der Waals surface area contributed by atoms with Crippen molar-refractivity contribution in [1.29, 1.82) is 0 Å². The molecule has 2 rings (SSSR count). The Kier molecular flexibility index (Phi) is 4.00. The van der Waals surface area contributed by atoms with E-state index >= 15 is 0 Å². The van der Waals surface area contributed by atoms with Gasteiger partial charge in [0.15, 0.2) is 5.49 Å². The molecule has 1 N–H and O–H groups in total. The van der Waals surface area contributed by atoms with Gasteiger partial charge in [0.05, 0.1) is 5.69 Å². The Morgan fingerprint density at radius 1 is 1.26 bits per heavy atom. The van der Waals surface area contributed by atoms with Crippen LogP contribution in [0.3, 0.4) is 0 Å². The highest BCUT2D eigenvalue weighted by atomic mass is 15.1. The van der Waals surface area contributed by atoms with Gasteiger partial charge < -0.3 is 9.88 Å². The van der Waals surface area contributed by atoms with Crippen molar-refractivity contribution >= 4 is 11.4 Å². The van der Waals surface area contributed by atoms with E-state index < -0.39 is 0 Å². The van der Waals surface area contributed by atoms with E-state index in [-0.39, 0.29) is 0 Å². The highest BCUT2D eigenvalue weighted by molar-refractivity contribution is 5.60. The van der Waals surface area contributed by atoms with Crippen LogP contribution in [0.2, 0.25) is 0 Å². The van der Waals surface area contributed by atoms with E-state index in [4.69, 9.17) is 0 Å². The zero-order valence-electron chi connectivity index (χ0n) is 11.9. The lowest BCUT2D eigenvalue weighted by Gasteiger charge is -2.15. The van der Waals surface area contributed by atoms with Gasteiger partial charge in [0.25, 0.3) is 0 Å². The highest BCUT2D eigenvalue weighted by Gasteiger charge is 2.09. The van der Waals surface area contributed by atoms with Crippen LogP contribution in [0.4, 0.5) is 11.4 Å². The lowest BCUT2D eigenvalue weighted by Crippen LogP contribution is -2.26. The van der Waals surface area contributed by atoms with E-state index in [0.29, 0.717) is 0 Å². The van der Waals surface area contributed by atoms with Crippen LogP contribution in [0.5, 0.6) is 0 Å². The van der Waals surface area contributed by atoms with Crippen molar-refractivity contribution in [2.75, 3.05) is 12.4 Å². The number of nitrogens with one attached hydrogen (secondary N) is 1. The van der Waals surface area contributed by atoms with Crippen LogP contribution < -0.4 is 10.8 Å². The van der Waals surface area contributed by atoms with Gasteiger partial charge in [-0.2, -0.15) is 0 Å². The van der Waals surface area contributed by atoms with E-state index in [9.17, 15) is 0 Å². The molecule has 0 aliphatic carbocycles. The van der Waals surface area contributed by atoms with Crippen molar-refractivity contribution in [3.8, 4) is 0 Å². The third kappa shape index (κ3) is 2.67. The fourth-order valence-corrected chi connectivity index (χ4v) is 2.09. The maximum Gasteiger partial charge on any atom is 0.154 e. The normalized spacial score (nSPS) is 11.7. The SMILES string of the molecule is CCc1nc(C)n(C)c(=NC)c1Nc1ccccc1. The number of hydrogen-bond acceptors (Lipinski definition) is 3. The molecule has 2 aromatic rings. The summed E-state index contributed by atoms with van der Waals surface area (Å²) in [5.74, 6) is 0.969. The Morgan fingerprint density at radius 2 is 1.95 bits per heavy atom. The molecule has 0 atom stereocenters. The first kappa shape index (κ1) is 13.3. The van der Waals surface area contributed by atoms with Gasteiger partial charge in [-0.05, 0) is 25.5 Å². The number of nitrogens with zero attached hydrogens (tertiary/aromatic N) is 3. The van der Waals surface area contributed by atoms with Gasteiger partial charge in [0.2, 0.25) is 0 Å². The summed E-state index contributed by atoms with van der Waals surface area (Å²) in [4.78, 5) is 9.03. The molecule has 0 fully saturated rings. The molecular formula is C15H20N4. The Morgan fingerprint density at radius 3 is 2.53 bits per heavy atom. The molecule has 4 nitrogen and oxygen atoms in total. The van der Waals surface area contributed by atoms with Crippen molar-refractivity contribution in [3.05, 3.63) is 47.3 Å². The summed E-state index contributed by atoms with van der Waals surface area (Å²) in [6.07, 6.45) is 0.874. The number of para-hydroxylation sites is 1. The monoisotopic (exact) mass is 256 g/mol. The van der Waals surface area contributed by atoms with Gasteiger partial charge >= 0.3 is 0 Å². The van der Waals surface area contributed by atoms with E-state index in [1.807, 2.05) is 55.9 Å². The van der Waals surface area contributed by atoms with Crippen LogP contribution in [-0.4, -0.2) is 16.6 Å². The van der Waals surface area contributed by atoms with Crippen LogP contribution in [-0.2, 0) is 13.5 Å². The van der Waals surface area contributed by atoms with E-state index in [2.05, 4.69) is 22.2 Å². The molecule has 0 aliphatic rings. The third-order valence-corrected chi connectivity index (χ3v) is 3.20. The predicted octanol–water partition coefficient (Wildman–Crippen LogP) is 2.57. The van der Waals surface area contributed by atoms with Crippen LogP contribution >= 0.6 is 0 Å². The lowest BCUT2D eigenvalue weighted by atomic mass is 10.2. The standard InChI is InChI=1S/C15H20N4/c1-5-13-14(18-12-9-7-6-8-10-12)15(16-3)19(4)11(2)17-13/h6-10,18H,5H2,1-4H3. The van der Waals surface area contributed by atoms with Gasteiger partial charge in [-0.25, -0.2) is 4.98 Å². The summed E-state index contributed by atoms with van der Waals surface area (Å²) in [5, 5.41) is 3.43. The molecule has 4 heteroatoms. The molecule has 100 valence electrons. The molecule has 0 radical (unpaired) electrons. The topological polar surface area (TPSA) is 42.2 Å². The second-order valence-electron chi connectivity index (χ2n) is 4.43. The maximum atomic E-state index is 4.64. The molecule has 0 saturated carbocycles. The van der Waals surface area contributed by atoms with Gasteiger partial charge in [-0.15, -0.1) is 0 Å². The molecule has 0 saturated heterocycles. The summed E-state index contributed by atoms with van der Waals surface area (Å²) in [6, 6.07) is 10.1. The van der Waals surface area contributed by atoms with Gasteiger partial charge in [-0.3, -0.25) is 4.99 Å². The van der Waals surface area contributed by atoms with Crippen molar-refractivity contribution in [2.24, 2.45) is 12.0 Å². The highest BCUT2D eigenvalue weighted by Crippen LogP contribution is 2.16. The molecule has 0 unspecified atom stereocenters. The fraction of sp³-hybridized carbons (Fsp3) is 0.333. The largest absolute Gasteiger partial charge is 0.351 e. The first-order chi connectivity index (χ1) is 9.17. The van der Waals surface area contributed by atoms with Gasteiger partial charge in [-0.1, -0.05) is 25.1 Å².